The average Bonchev–Trinajstić information content (AvgIpc) is 3.01. The maximum absolute atomic E-state index is 4.89. The van der Waals surface area contributed by atoms with Crippen molar-refractivity contribution in [2.75, 3.05) is 0 Å². The van der Waals surface area contributed by atoms with Crippen molar-refractivity contribution < 1.29 is 0 Å². The van der Waals surface area contributed by atoms with Gasteiger partial charge in [0.05, 0.1) is 5.52 Å². The summed E-state index contributed by atoms with van der Waals surface area (Å²) >= 11 is 0. The highest BCUT2D eigenvalue weighted by Crippen LogP contribution is 2.33. The number of aromatic nitrogens is 4. The van der Waals surface area contributed by atoms with Crippen LogP contribution in [0, 0.1) is 0 Å². The van der Waals surface area contributed by atoms with Gasteiger partial charge in [-0.15, -0.1) is 0 Å². The minimum Gasteiger partial charge on any atom is -0.256 e. The van der Waals surface area contributed by atoms with Crippen LogP contribution in [-0.2, 0) is 0 Å². The van der Waals surface area contributed by atoms with Crippen molar-refractivity contribution in [2.24, 2.45) is 0 Å². The van der Waals surface area contributed by atoms with Gasteiger partial charge < -0.3 is 0 Å². The summed E-state index contributed by atoms with van der Waals surface area (Å²) in [5.74, 6) is 1.97. The first kappa shape index (κ1) is 22.0. The van der Waals surface area contributed by atoms with Crippen molar-refractivity contribution in [1.82, 2.24) is 19.9 Å². The number of nitrogens with zero attached hydrogens (tertiary/aromatic N) is 4. The highest BCUT2D eigenvalue weighted by molar-refractivity contribution is 6.00. The fraction of sp³-hybridized carbons (Fsp3) is 0. The lowest BCUT2D eigenvalue weighted by atomic mass is 9.96. The summed E-state index contributed by atoms with van der Waals surface area (Å²) in [4.78, 5) is 19.1. The maximum Gasteiger partial charge on any atom is 0.164 e. The minimum atomic E-state index is 0.653. The van der Waals surface area contributed by atoms with Crippen LogP contribution in [0.1, 0.15) is 0 Å². The Morgan fingerprint density at radius 2 is 1.03 bits per heavy atom. The number of pyridine rings is 1. The first-order valence-electron chi connectivity index (χ1n) is 12.6. The lowest BCUT2D eigenvalue weighted by Gasteiger charge is -2.11. The SMILES string of the molecule is c1ccc(-c2nc(-c3ccccc3)nc(-c3ccc4c(-c5ccc6cccnc6c5)cccc4c3)n2)cc1. The lowest BCUT2D eigenvalue weighted by Crippen LogP contribution is -2.00. The molecule has 0 aliphatic rings. The van der Waals surface area contributed by atoms with E-state index in [-0.39, 0.29) is 0 Å². The van der Waals surface area contributed by atoms with Crippen molar-refractivity contribution in [2.45, 2.75) is 0 Å². The number of fused-ring (bicyclic) bond motifs is 2. The van der Waals surface area contributed by atoms with Gasteiger partial charge in [-0.05, 0) is 40.1 Å². The molecule has 0 saturated heterocycles. The molecule has 0 amide bonds. The van der Waals surface area contributed by atoms with Crippen LogP contribution < -0.4 is 0 Å². The van der Waals surface area contributed by atoms with E-state index >= 15 is 0 Å². The zero-order valence-electron chi connectivity index (χ0n) is 20.5. The van der Waals surface area contributed by atoms with Gasteiger partial charge in [0.15, 0.2) is 17.5 Å². The highest BCUT2D eigenvalue weighted by atomic mass is 15.0. The first-order chi connectivity index (χ1) is 18.8. The van der Waals surface area contributed by atoms with E-state index in [1.54, 1.807) is 0 Å². The molecular formula is C34H22N4. The Morgan fingerprint density at radius 1 is 0.395 bits per heavy atom. The molecule has 0 N–H and O–H groups in total. The molecule has 7 rings (SSSR count). The third-order valence-electron chi connectivity index (χ3n) is 6.75. The second-order valence-electron chi connectivity index (χ2n) is 9.19. The van der Waals surface area contributed by atoms with Crippen molar-refractivity contribution in [3.63, 3.8) is 0 Å². The molecule has 0 spiro atoms. The molecule has 7 aromatic rings. The summed E-state index contributed by atoms with van der Waals surface area (Å²) in [6, 6.07) is 43.4. The summed E-state index contributed by atoms with van der Waals surface area (Å²) in [5, 5.41) is 3.44. The number of benzene rings is 5. The molecule has 4 heteroatoms. The van der Waals surface area contributed by atoms with Crippen LogP contribution >= 0.6 is 0 Å². The van der Waals surface area contributed by atoms with E-state index < -0.39 is 0 Å². The third-order valence-corrected chi connectivity index (χ3v) is 6.75. The van der Waals surface area contributed by atoms with Crippen molar-refractivity contribution >= 4 is 21.7 Å². The Balaban J connectivity index is 1.37. The van der Waals surface area contributed by atoms with E-state index in [2.05, 4.69) is 65.6 Å². The summed E-state index contributed by atoms with van der Waals surface area (Å²) in [6.45, 7) is 0. The fourth-order valence-corrected chi connectivity index (χ4v) is 4.85. The van der Waals surface area contributed by atoms with Gasteiger partial charge in [0.25, 0.3) is 0 Å². The number of hydrogen-bond acceptors (Lipinski definition) is 4. The van der Waals surface area contributed by atoms with Crippen molar-refractivity contribution in [1.29, 1.82) is 0 Å². The van der Waals surface area contributed by atoms with Gasteiger partial charge in [-0.3, -0.25) is 4.98 Å². The van der Waals surface area contributed by atoms with Crippen LogP contribution in [-0.4, -0.2) is 19.9 Å². The molecule has 0 fully saturated rings. The molecule has 2 heterocycles. The van der Waals surface area contributed by atoms with E-state index in [9.17, 15) is 0 Å². The monoisotopic (exact) mass is 486 g/mol. The quantitative estimate of drug-likeness (QED) is 0.251. The van der Waals surface area contributed by atoms with Gasteiger partial charge in [0.2, 0.25) is 0 Å². The van der Waals surface area contributed by atoms with E-state index in [1.807, 2.05) is 72.9 Å². The van der Waals surface area contributed by atoms with Gasteiger partial charge in [-0.1, -0.05) is 109 Å². The zero-order chi connectivity index (χ0) is 25.3. The Bertz CT molecular complexity index is 1860. The smallest absolute Gasteiger partial charge is 0.164 e. The predicted molar refractivity (Wildman–Crippen MR) is 154 cm³/mol. The third kappa shape index (κ3) is 4.08. The van der Waals surface area contributed by atoms with Crippen molar-refractivity contribution in [3.8, 4) is 45.3 Å². The molecule has 2 aromatic heterocycles. The van der Waals surface area contributed by atoms with Crippen LogP contribution in [0.3, 0.4) is 0 Å². The van der Waals surface area contributed by atoms with Crippen LogP contribution in [0.5, 0.6) is 0 Å². The Hall–Kier alpha value is -5.22. The van der Waals surface area contributed by atoms with Gasteiger partial charge in [0.1, 0.15) is 0 Å². The largest absolute Gasteiger partial charge is 0.256 e. The predicted octanol–water partition coefficient (Wildman–Crippen LogP) is 8.24. The van der Waals surface area contributed by atoms with Crippen LogP contribution in [0.25, 0.3) is 67.0 Å². The molecule has 0 bridgehead atoms. The molecule has 38 heavy (non-hydrogen) atoms. The second kappa shape index (κ2) is 9.34. The van der Waals surface area contributed by atoms with Gasteiger partial charge in [-0.25, -0.2) is 15.0 Å². The minimum absolute atomic E-state index is 0.653. The van der Waals surface area contributed by atoms with E-state index in [0.29, 0.717) is 17.5 Å². The molecule has 0 unspecified atom stereocenters. The average molecular weight is 487 g/mol. The van der Waals surface area contributed by atoms with Crippen molar-refractivity contribution in [3.05, 3.63) is 134 Å². The summed E-state index contributed by atoms with van der Waals surface area (Å²) in [7, 11) is 0. The topological polar surface area (TPSA) is 51.6 Å². The van der Waals surface area contributed by atoms with Gasteiger partial charge in [-0.2, -0.15) is 0 Å². The van der Waals surface area contributed by atoms with Gasteiger partial charge >= 0.3 is 0 Å². The molecule has 4 nitrogen and oxygen atoms in total. The van der Waals surface area contributed by atoms with E-state index in [1.165, 1.54) is 10.9 Å². The molecule has 0 radical (unpaired) electrons. The molecular weight excluding hydrogens is 464 g/mol. The standard InChI is InChI=1S/C34H22N4/c1-3-9-24(10-4-1)32-36-33(25-11-5-2-6-12-25)38-34(37-32)28-18-19-30-26(21-28)13-7-15-29(30)27-17-16-23-14-8-20-35-31(23)22-27/h1-22H. The van der Waals surface area contributed by atoms with Crippen LogP contribution in [0.2, 0.25) is 0 Å². The molecule has 178 valence electrons. The molecule has 0 aliphatic heterocycles. The fourth-order valence-electron chi connectivity index (χ4n) is 4.85. The Morgan fingerprint density at radius 3 is 1.74 bits per heavy atom. The van der Waals surface area contributed by atoms with Crippen LogP contribution in [0.4, 0.5) is 0 Å². The molecule has 0 atom stereocenters. The Kier molecular flexibility index (Phi) is 5.41. The normalized spacial score (nSPS) is 11.2. The Labute approximate surface area is 220 Å². The molecule has 0 aliphatic carbocycles. The van der Waals surface area contributed by atoms with E-state index in [4.69, 9.17) is 15.0 Å². The lowest BCUT2D eigenvalue weighted by molar-refractivity contribution is 1.07. The second-order valence-corrected chi connectivity index (χ2v) is 9.19. The maximum atomic E-state index is 4.89. The van der Waals surface area contributed by atoms with Crippen LogP contribution in [0.15, 0.2) is 134 Å². The number of rotatable bonds is 4. The number of hydrogen-bond donors (Lipinski definition) is 0. The van der Waals surface area contributed by atoms with Gasteiger partial charge in [0, 0.05) is 28.3 Å². The zero-order valence-corrected chi connectivity index (χ0v) is 20.5. The summed E-state index contributed by atoms with van der Waals surface area (Å²) in [5.41, 5.74) is 6.18. The molecule has 5 aromatic carbocycles. The first-order valence-corrected chi connectivity index (χ1v) is 12.6. The highest BCUT2D eigenvalue weighted by Gasteiger charge is 2.13. The summed E-state index contributed by atoms with van der Waals surface area (Å²) in [6.07, 6.45) is 1.84. The van der Waals surface area contributed by atoms with E-state index in [0.717, 1.165) is 38.5 Å². The molecule has 0 saturated carbocycles. The summed E-state index contributed by atoms with van der Waals surface area (Å²) < 4.78 is 0.